The molecule has 0 bridgehead atoms. The Morgan fingerprint density at radius 2 is 1.81 bits per heavy atom. The summed E-state index contributed by atoms with van der Waals surface area (Å²) in [4.78, 5) is 29.9. The van der Waals surface area contributed by atoms with Gasteiger partial charge >= 0.3 is 5.97 Å². The molecule has 0 saturated heterocycles. The molecule has 0 unspecified atom stereocenters. The number of hydrogen-bond acceptors (Lipinski definition) is 7. The monoisotopic (exact) mass is 515 g/mol. The molecule has 2 heterocycles. The number of halogens is 1. The molecule has 0 atom stereocenters. The van der Waals surface area contributed by atoms with Crippen molar-refractivity contribution in [2.75, 3.05) is 7.11 Å². The number of carbonyl (C=O) groups excluding carboxylic acids is 2. The first-order chi connectivity index (χ1) is 17.5. The zero-order valence-electron chi connectivity index (χ0n) is 18.9. The zero-order chi connectivity index (χ0) is 25.1. The predicted molar refractivity (Wildman–Crippen MR) is 142 cm³/mol. The minimum Gasteiger partial charge on any atom is -0.493 e. The van der Waals surface area contributed by atoms with Crippen LogP contribution >= 0.6 is 22.9 Å². The maximum absolute atomic E-state index is 12.8. The summed E-state index contributed by atoms with van der Waals surface area (Å²) in [5, 5.41) is 6.11. The van der Waals surface area contributed by atoms with Crippen molar-refractivity contribution in [1.82, 2.24) is 10.4 Å². The minimum absolute atomic E-state index is 0.234. The van der Waals surface area contributed by atoms with Crippen molar-refractivity contribution in [2.45, 2.75) is 0 Å². The van der Waals surface area contributed by atoms with Gasteiger partial charge in [-0.25, -0.2) is 15.2 Å². The van der Waals surface area contributed by atoms with Gasteiger partial charge in [0.1, 0.15) is 10.6 Å². The van der Waals surface area contributed by atoms with Crippen molar-refractivity contribution in [3.8, 4) is 11.5 Å². The van der Waals surface area contributed by atoms with Crippen LogP contribution in [0.15, 0.2) is 84.0 Å². The summed E-state index contributed by atoms with van der Waals surface area (Å²) in [7, 11) is 1.47. The van der Waals surface area contributed by atoms with Crippen molar-refractivity contribution in [1.29, 1.82) is 0 Å². The van der Waals surface area contributed by atoms with Gasteiger partial charge in [-0.2, -0.15) is 5.10 Å². The Bertz CT molecular complexity index is 1650. The average Bonchev–Trinajstić information content (AvgIpc) is 3.25. The van der Waals surface area contributed by atoms with E-state index in [-0.39, 0.29) is 11.4 Å². The number of nitrogens with zero attached hydrogens (tertiary/aromatic N) is 2. The summed E-state index contributed by atoms with van der Waals surface area (Å²) in [5.74, 6) is -0.449. The van der Waals surface area contributed by atoms with E-state index in [9.17, 15) is 9.59 Å². The number of nitrogens with one attached hydrogen (secondary N) is 1. The van der Waals surface area contributed by atoms with Gasteiger partial charge in [-0.15, -0.1) is 11.3 Å². The van der Waals surface area contributed by atoms with Gasteiger partial charge in [0.15, 0.2) is 11.5 Å². The van der Waals surface area contributed by atoms with Crippen LogP contribution in [0.25, 0.3) is 21.0 Å². The number of benzene rings is 3. The van der Waals surface area contributed by atoms with E-state index in [4.69, 9.17) is 21.1 Å². The van der Waals surface area contributed by atoms with Crippen LogP contribution in [0, 0.1) is 0 Å². The summed E-state index contributed by atoms with van der Waals surface area (Å²) in [5.41, 5.74) is 4.07. The van der Waals surface area contributed by atoms with E-state index < -0.39 is 11.9 Å². The highest BCUT2D eigenvalue weighted by Gasteiger charge is 2.20. The van der Waals surface area contributed by atoms with Crippen LogP contribution in [0.1, 0.15) is 25.7 Å². The standard InChI is InChI=1S/C27H18ClN3O4S/c1-34-22-14-16(15-29-31-26(32)20-12-11-17-6-2-4-8-19(17)30-20)10-13-21(22)35-27(33)25-24(28)18-7-3-5-9-23(18)36-25/h2-15H,1H3,(H,31,32)/b29-15+. The fourth-order valence-corrected chi connectivity index (χ4v) is 4.94. The molecule has 178 valence electrons. The average molecular weight is 516 g/mol. The number of fused-ring (bicyclic) bond motifs is 2. The first kappa shape index (κ1) is 23.5. The van der Waals surface area contributed by atoms with Crippen molar-refractivity contribution in [3.05, 3.63) is 100 Å². The maximum atomic E-state index is 12.8. The van der Waals surface area contributed by atoms with Gasteiger partial charge in [-0.1, -0.05) is 54.1 Å². The van der Waals surface area contributed by atoms with Crippen LogP contribution in [-0.2, 0) is 0 Å². The molecule has 7 nitrogen and oxygen atoms in total. The van der Waals surface area contributed by atoms with Gasteiger partial charge in [0.2, 0.25) is 0 Å². The van der Waals surface area contributed by atoms with Gasteiger partial charge in [-0.05, 0) is 42.0 Å². The van der Waals surface area contributed by atoms with E-state index in [2.05, 4.69) is 15.5 Å². The molecule has 9 heteroatoms. The predicted octanol–water partition coefficient (Wildman–Crippen LogP) is 6.09. The van der Waals surface area contributed by atoms with Gasteiger partial charge < -0.3 is 9.47 Å². The third kappa shape index (κ3) is 4.77. The van der Waals surface area contributed by atoms with Crippen LogP contribution in [0.3, 0.4) is 0 Å². The number of hydrogen-bond donors (Lipinski definition) is 1. The summed E-state index contributed by atoms with van der Waals surface area (Å²) < 4.78 is 11.8. The summed E-state index contributed by atoms with van der Waals surface area (Å²) >= 11 is 7.66. The Morgan fingerprint density at radius 3 is 2.64 bits per heavy atom. The van der Waals surface area contributed by atoms with Crippen LogP contribution in [0.5, 0.6) is 11.5 Å². The number of pyridine rings is 1. The minimum atomic E-state index is -0.573. The molecule has 0 saturated carbocycles. The summed E-state index contributed by atoms with van der Waals surface area (Å²) in [6.45, 7) is 0. The molecule has 36 heavy (non-hydrogen) atoms. The quantitative estimate of drug-likeness (QED) is 0.128. The fraction of sp³-hybridized carbons (Fsp3) is 0.0370. The highest BCUT2D eigenvalue weighted by atomic mass is 35.5. The maximum Gasteiger partial charge on any atom is 0.355 e. The smallest absolute Gasteiger partial charge is 0.355 e. The molecule has 0 spiro atoms. The molecule has 5 rings (SSSR count). The van der Waals surface area contributed by atoms with E-state index in [0.717, 1.165) is 21.0 Å². The number of ether oxygens (including phenoxy) is 2. The molecule has 1 amide bonds. The molecule has 0 aliphatic carbocycles. The van der Waals surface area contributed by atoms with Crippen molar-refractivity contribution in [2.24, 2.45) is 5.10 Å². The second-order valence-corrected chi connectivity index (χ2v) is 9.06. The van der Waals surface area contributed by atoms with Crippen LogP contribution in [0.2, 0.25) is 5.02 Å². The molecular formula is C27H18ClN3O4S. The number of carbonyl (C=O) groups is 2. The molecule has 1 N–H and O–H groups in total. The number of methoxy groups -OCH3 is 1. The van der Waals surface area contributed by atoms with E-state index in [0.29, 0.717) is 21.2 Å². The SMILES string of the molecule is COc1cc(/C=N/NC(=O)c2ccc3ccccc3n2)ccc1OC(=O)c1sc2ccccc2c1Cl. The number of esters is 1. The number of hydrazone groups is 1. The highest BCUT2D eigenvalue weighted by molar-refractivity contribution is 7.21. The summed E-state index contributed by atoms with van der Waals surface area (Å²) in [6, 6.07) is 23.4. The molecule has 0 radical (unpaired) electrons. The number of rotatable bonds is 6. The van der Waals surface area contributed by atoms with Crippen LogP contribution in [-0.4, -0.2) is 30.2 Å². The van der Waals surface area contributed by atoms with Crippen LogP contribution < -0.4 is 14.9 Å². The second kappa shape index (κ2) is 10.2. The lowest BCUT2D eigenvalue weighted by molar-refractivity contribution is 0.0734. The van der Waals surface area contributed by atoms with Crippen molar-refractivity contribution >= 4 is 62.0 Å². The van der Waals surface area contributed by atoms with E-state index in [1.54, 1.807) is 24.3 Å². The third-order valence-corrected chi connectivity index (χ3v) is 6.98. The first-order valence-electron chi connectivity index (χ1n) is 10.8. The Morgan fingerprint density at radius 1 is 1.00 bits per heavy atom. The van der Waals surface area contributed by atoms with Crippen molar-refractivity contribution < 1.29 is 19.1 Å². The van der Waals surface area contributed by atoms with Gasteiger partial charge in [0.05, 0.1) is 23.9 Å². The van der Waals surface area contributed by atoms with E-state index in [1.165, 1.54) is 24.7 Å². The molecular weight excluding hydrogens is 498 g/mol. The van der Waals surface area contributed by atoms with Gasteiger partial charge in [-0.3, -0.25) is 4.79 Å². The Balaban J connectivity index is 1.28. The molecule has 0 aliphatic heterocycles. The lowest BCUT2D eigenvalue weighted by Crippen LogP contribution is -2.18. The third-order valence-electron chi connectivity index (χ3n) is 5.32. The number of amides is 1. The van der Waals surface area contributed by atoms with Gasteiger partial charge in [0.25, 0.3) is 5.91 Å². The normalized spacial score (nSPS) is 11.2. The molecule has 0 fully saturated rings. The Hall–Kier alpha value is -4.27. The molecule has 3 aromatic carbocycles. The molecule has 2 aromatic heterocycles. The summed E-state index contributed by atoms with van der Waals surface area (Å²) in [6.07, 6.45) is 1.45. The first-order valence-corrected chi connectivity index (χ1v) is 12.0. The Kier molecular flexibility index (Phi) is 6.62. The highest BCUT2D eigenvalue weighted by Crippen LogP contribution is 2.37. The number of para-hydroxylation sites is 1. The Labute approximate surface area is 214 Å². The number of thiophene rings is 1. The second-order valence-electron chi connectivity index (χ2n) is 7.63. The lowest BCUT2D eigenvalue weighted by Gasteiger charge is -2.09. The van der Waals surface area contributed by atoms with E-state index in [1.807, 2.05) is 54.6 Å². The lowest BCUT2D eigenvalue weighted by atomic mass is 10.2. The molecule has 5 aromatic rings. The van der Waals surface area contributed by atoms with Gasteiger partial charge in [0, 0.05) is 15.5 Å². The largest absolute Gasteiger partial charge is 0.493 e. The fourth-order valence-electron chi connectivity index (χ4n) is 3.56. The van der Waals surface area contributed by atoms with E-state index >= 15 is 0 Å². The van der Waals surface area contributed by atoms with Crippen molar-refractivity contribution in [3.63, 3.8) is 0 Å². The van der Waals surface area contributed by atoms with Crippen LogP contribution in [0.4, 0.5) is 0 Å². The number of aromatic nitrogens is 1. The zero-order valence-corrected chi connectivity index (χ0v) is 20.5. The topological polar surface area (TPSA) is 89.9 Å². The molecule has 0 aliphatic rings.